The first-order valence-electron chi connectivity index (χ1n) is 5.95. The molecule has 0 bridgehead atoms. The lowest BCUT2D eigenvalue weighted by molar-refractivity contribution is 0.331. The second kappa shape index (κ2) is 4.58. The molecule has 0 aromatic carbocycles. The monoisotopic (exact) mass is 224 g/mol. The summed E-state index contributed by atoms with van der Waals surface area (Å²) in [7, 11) is 0. The van der Waals surface area contributed by atoms with Crippen LogP contribution in [-0.2, 0) is 12.0 Å². The predicted molar refractivity (Wildman–Crippen MR) is 66.4 cm³/mol. The molecule has 0 aliphatic carbocycles. The van der Waals surface area contributed by atoms with Crippen LogP contribution in [0.15, 0.2) is 10.6 Å². The molecule has 1 rings (SSSR count). The summed E-state index contributed by atoms with van der Waals surface area (Å²) in [5.41, 5.74) is 0.169. The van der Waals surface area contributed by atoms with Gasteiger partial charge in [-0.15, -0.1) is 0 Å². The fourth-order valence-corrected chi connectivity index (χ4v) is 1.22. The van der Waals surface area contributed by atoms with Crippen LogP contribution in [0.25, 0.3) is 0 Å². The second-order valence-corrected chi connectivity index (χ2v) is 5.96. The number of oxazole rings is 1. The van der Waals surface area contributed by atoms with Crippen LogP contribution in [0.5, 0.6) is 0 Å². The van der Waals surface area contributed by atoms with Crippen molar-refractivity contribution in [3.63, 3.8) is 0 Å². The Kier molecular flexibility index (Phi) is 3.79. The molecule has 0 spiro atoms. The summed E-state index contributed by atoms with van der Waals surface area (Å²) in [5, 5.41) is 3.36. The van der Waals surface area contributed by atoms with E-state index < -0.39 is 0 Å². The van der Waals surface area contributed by atoms with Crippen LogP contribution in [0.4, 0.5) is 0 Å². The van der Waals surface area contributed by atoms with Gasteiger partial charge in [-0.1, -0.05) is 20.8 Å². The third kappa shape index (κ3) is 3.63. The topological polar surface area (TPSA) is 38.1 Å². The van der Waals surface area contributed by atoms with E-state index in [1.54, 1.807) is 0 Å². The minimum atomic E-state index is 0.0764. The fourth-order valence-electron chi connectivity index (χ4n) is 1.22. The molecule has 0 radical (unpaired) electrons. The van der Waals surface area contributed by atoms with Crippen molar-refractivity contribution in [2.45, 2.75) is 65.5 Å². The molecule has 16 heavy (non-hydrogen) atoms. The molecule has 0 atom stereocenters. The normalized spacial score (nSPS) is 13.1. The number of rotatable bonds is 4. The van der Waals surface area contributed by atoms with Crippen molar-refractivity contribution < 1.29 is 4.42 Å². The summed E-state index contributed by atoms with van der Waals surface area (Å²) in [6, 6.07) is 0. The first-order chi connectivity index (χ1) is 7.24. The van der Waals surface area contributed by atoms with Crippen molar-refractivity contribution >= 4 is 0 Å². The van der Waals surface area contributed by atoms with Gasteiger partial charge in [-0.3, -0.25) is 0 Å². The van der Waals surface area contributed by atoms with Gasteiger partial charge in [0.2, 0.25) is 5.89 Å². The molecule has 1 aromatic heterocycles. The highest BCUT2D eigenvalue weighted by Gasteiger charge is 2.23. The SMILES string of the molecule is CCC(C)(C)c1cnc(CNC(C)(C)C)o1. The van der Waals surface area contributed by atoms with Crippen LogP contribution >= 0.6 is 0 Å². The van der Waals surface area contributed by atoms with Gasteiger partial charge in [-0.05, 0) is 27.2 Å². The van der Waals surface area contributed by atoms with Gasteiger partial charge < -0.3 is 9.73 Å². The quantitative estimate of drug-likeness (QED) is 0.853. The van der Waals surface area contributed by atoms with Crippen LogP contribution < -0.4 is 5.32 Å². The molecule has 0 unspecified atom stereocenters. The van der Waals surface area contributed by atoms with Gasteiger partial charge in [0.05, 0.1) is 12.7 Å². The summed E-state index contributed by atoms with van der Waals surface area (Å²) < 4.78 is 5.76. The van der Waals surface area contributed by atoms with Gasteiger partial charge in [-0.2, -0.15) is 0 Å². The molecule has 3 heteroatoms. The maximum absolute atomic E-state index is 5.76. The van der Waals surface area contributed by atoms with E-state index in [4.69, 9.17) is 4.42 Å². The minimum absolute atomic E-state index is 0.0764. The highest BCUT2D eigenvalue weighted by Crippen LogP contribution is 2.27. The van der Waals surface area contributed by atoms with Crippen molar-refractivity contribution in [1.29, 1.82) is 0 Å². The molecular formula is C13H24N2O. The number of hydrogen-bond acceptors (Lipinski definition) is 3. The van der Waals surface area contributed by atoms with Crippen molar-refractivity contribution in [1.82, 2.24) is 10.3 Å². The lowest BCUT2D eigenvalue weighted by atomic mass is 9.88. The third-order valence-corrected chi connectivity index (χ3v) is 2.87. The van der Waals surface area contributed by atoms with E-state index in [-0.39, 0.29) is 11.0 Å². The van der Waals surface area contributed by atoms with Gasteiger partial charge in [0.1, 0.15) is 5.76 Å². The number of aromatic nitrogens is 1. The molecule has 3 nitrogen and oxygen atoms in total. The maximum Gasteiger partial charge on any atom is 0.208 e. The Labute approximate surface area is 98.6 Å². The molecule has 0 fully saturated rings. The highest BCUT2D eigenvalue weighted by molar-refractivity contribution is 5.07. The Morgan fingerprint density at radius 2 is 1.88 bits per heavy atom. The van der Waals surface area contributed by atoms with Crippen LogP contribution in [0.3, 0.4) is 0 Å². The van der Waals surface area contributed by atoms with Gasteiger partial charge in [0, 0.05) is 11.0 Å². The molecule has 1 N–H and O–H groups in total. The highest BCUT2D eigenvalue weighted by atomic mass is 16.4. The van der Waals surface area contributed by atoms with E-state index in [1.807, 2.05) is 6.20 Å². The summed E-state index contributed by atoms with van der Waals surface area (Å²) in [5.74, 6) is 1.74. The van der Waals surface area contributed by atoms with E-state index >= 15 is 0 Å². The number of nitrogens with zero attached hydrogens (tertiary/aromatic N) is 1. The Hall–Kier alpha value is -0.830. The lowest BCUT2D eigenvalue weighted by Gasteiger charge is -2.20. The van der Waals surface area contributed by atoms with Crippen LogP contribution in [0.2, 0.25) is 0 Å². The fraction of sp³-hybridized carbons (Fsp3) is 0.769. The zero-order valence-electron chi connectivity index (χ0n) is 11.3. The molecule has 92 valence electrons. The molecule has 0 aliphatic rings. The Morgan fingerprint density at radius 3 is 2.38 bits per heavy atom. The number of hydrogen-bond donors (Lipinski definition) is 1. The first-order valence-corrected chi connectivity index (χ1v) is 5.95. The van der Waals surface area contributed by atoms with Gasteiger partial charge in [0.25, 0.3) is 0 Å². The van der Waals surface area contributed by atoms with Gasteiger partial charge >= 0.3 is 0 Å². The second-order valence-electron chi connectivity index (χ2n) is 5.96. The predicted octanol–water partition coefficient (Wildman–Crippen LogP) is 3.25. The minimum Gasteiger partial charge on any atom is -0.444 e. The van der Waals surface area contributed by atoms with E-state index in [0.29, 0.717) is 6.54 Å². The molecule has 0 aliphatic heterocycles. The lowest BCUT2D eigenvalue weighted by Crippen LogP contribution is -2.35. The Balaban J connectivity index is 2.66. The average molecular weight is 224 g/mol. The van der Waals surface area contributed by atoms with E-state index in [0.717, 1.165) is 18.1 Å². The molecule has 0 amide bonds. The third-order valence-electron chi connectivity index (χ3n) is 2.87. The molecule has 0 saturated heterocycles. The Bertz CT molecular complexity index is 334. The van der Waals surface area contributed by atoms with E-state index in [9.17, 15) is 0 Å². The molecular weight excluding hydrogens is 200 g/mol. The first kappa shape index (κ1) is 13.2. The molecule has 0 saturated carbocycles. The van der Waals surface area contributed by atoms with Crippen LogP contribution in [0, 0.1) is 0 Å². The zero-order valence-corrected chi connectivity index (χ0v) is 11.3. The van der Waals surface area contributed by atoms with Gasteiger partial charge in [0.15, 0.2) is 0 Å². The number of nitrogens with one attached hydrogen (secondary N) is 1. The largest absolute Gasteiger partial charge is 0.444 e. The summed E-state index contributed by atoms with van der Waals surface area (Å²) in [4.78, 5) is 4.30. The Morgan fingerprint density at radius 1 is 1.25 bits per heavy atom. The van der Waals surface area contributed by atoms with E-state index in [1.165, 1.54) is 0 Å². The van der Waals surface area contributed by atoms with Crippen molar-refractivity contribution in [3.8, 4) is 0 Å². The standard InChI is InChI=1S/C13H24N2O/c1-7-13(5,6)10-8-14-11(16-10)9-15-12(2,3)4/h8,15H,7,9H2,1-6H3. The van der Waals surface area contributed by atoms with Gasteiger partial charge in [-0.25, -0.2) is 4.98 Å². The molecule has 1 heterocycles. The smallest absolute Gasteiger partial charge is 0.208 e. The zero-order chi connectivity index (χ0) is 12.4. The van der Waals surface area contributed by atoms with Crippen LogP contribution in [0.1, 0.15) is 59.6 Å². The van der Waals surface area contributed by atoms with Crippen molar-refractivity contribution in [2.24, 2.45) is 0 Å². The summed E-state index contributed by atoms with van der Waals surface area (Å²) >= 11 is 0. The van der Waals surface area contributed by atoms with Crippen LogP contribution in [-0.4, -0.2) is 10.5 Å². The summed E-state index contributed by atoms with van der Waals surface area (Å²) in [6.07, 6.45) is 2.90. The maximum atomic E-state index is 5.76. The summed E-state index contributed by atoms with van der Waals surface area (Å²) in [6.45, 7) is 13.6. The average Bonchev–Trinajstić information content (AvgIpc) is 2.62. The van der Waals surface area contributed by atoms with E-state index in [2.05, 4.69) is 51.8 Å². The molecule has 1 aromatic rings. The van der Waals surface area contributed by atoms with Crippen molar-refractivity contribution in [3.05, 3.63) is 17.8 Å². The van der Waals surface area contributed by atoms with Crippen molar-refractivity contribution in [2.75, 3.05) is 0 Å².